The summed E-state index contributed by atoms with van der Waals surface area (Å²) in [6, 6.07) is 91.1. The number of benzene rings is 11. The van der Waals surface area contributed by atoms with Crippen molar-refractivity contribution >= 4 is 125 Å². The van der Waals surface area contributed by atoms with E-state index in [0.29, 0.717) is 0 Å². The second-order valence-corrected chi connectivity index (χ2v) is 21.5. The van der Waals surface area contributed by atoms with Crippen LogP contribution in [0.2, 0.25) is 0 Å². The van der Waals surface area contributed by atoms with Crippen LogP contribution in [0.15, 0.2) is 249 Å². The fourth-order valence-electron chi connectivity index (χ4n) is 13.4. The molecule has 0 saturated heterocycles. The smallest absolute Gasteiger partial charge is 0.140 e. The lowest BCUT2D eigenvalue weighted by Gasteiger charge is -2.47. The molecule has 0 fully saturated rings. The van der Waals surface area contributed by atoms with Crippen molar-refractivity contribution in [2.75, 3.05) is 67.4 Å². The standard InChI is InChI=1S/C72H56N10/c1-74-51-26-8-16-34-59(51)79(60-35-17-9-27-52(60)74)67-46-68(80-61-36-18-10-28-53(61)75(2)54-29-11-19-37-62(54)80)70(81-63-38-20-12-30-55(63)76(3)56-31-13-21-39-64(56)81)71(82-65-40-22-14-32-57(65)77(4)58-33-15-23-41-66(58)82)69(67)47-42-44-48(45-43-47)72-73-49-24-6-7-25-50(49)78(72)5/h6-46H,1-5H3. The van der Waals surface area contributed by atoms with Gasteiger partial charge in [-0.15, -0.1) is 0 Å². The Balaban J connectivity index is 1.14. The van der Waals surface area contributed by atoms with Crippen molar-refractivity contribution in [3.05, 3.63) is 249 Å². The number of para-hydroxylation sites is 18. The Hall–Kier alpha value is -10.7. The maximum absolute atomic E-state index is 5.23. The van der Waals surface area contributed by atoms with Crippen LogP contribution in [0, 0.1) is 0 Å². The quantitative estimate of drug-likeness (QED) is 0.162. The first kappa shape index (κ1) is 47.3. The average Bonchev–Trinajstić information content (AvgIpc) is 1.63. The van der Waals surface area contributed by atoms with Gasteiger partial charge in [0.2, 0.25) is 0 Å². The molecule has 0 bridgehead atoms. The highest BCUT2D eigenvalue weighted by Crippen LogP contribution is 2.67. The molecule has 82 heavy (non-hydrogen) atoms. The fraction of sp³-hybridized carbons (Fsp3) is 0.0694. The molecule has 0 saturated carbocycles. The molecule has 0 spiro atoms. The molecular formula is C72H56N10. The number of aromatic nitrogens is 2. The molecule has 16 rings (SSSR count). The van der Waals surface area contributed by atoms with Gasteiger partial charge in [0.15, 0.2) is 0 Å². The topological polar surface area (TPSA) is 43.7 Å². The first-order valence-electron chi connectivity index (χ1n) is 27.9. The van der Waals surface area contributed by atoms with E-state index in [4.69, 9.17) is 4.98 Å². The summed E-state index contributed by atoms with van der Waals surface area (Å²) in [6.07, 6.45) is 0. The lowest BCUT2D eigenvalue weighted by molar-refractivity contribution is 0.959. The third kappa shape index (κ3) is 6.78. The monoisotopic (exact) mass is 1060 g/mol. The molecule has 11 aromatic carbocycles. The molecule has 5 heterocycles. The molecule has 0 radical (unpaired) electrons. The molecule has 4 aliphatic rings. The molecule has 12 aromatic rings. The first-order chi connectivity index (χ1) is 40.3. The van der Waals surface area contributed by atoms with Crippen LogP contribution in [0.1, 0.15) is 0 Å². The second kappa shape index (κ2) is 18.2. The van der Waals surface area contributed by atoms with Crippen molar-refractivity contribution in [1.82, 2.24) is 9.55 Å². The van der Waals surface area contributed by atoms with E-state index in [1.54, 1.807) is 0 Å². The van der Waals surface area contributed by atoms with Crippen LogP contribution in [0.3, 0.4) is 0 Å². The molecule has 0 atom stereocenters. The number of rotatable bonds is 6. The van der Waals surface area contributed by atoms with Crippen LogP contribution in [-0.2, 0) is 7.05 Å². The van der Waals surface area contributed by atoms with E-state index in [0.717, 1.165) is 147 Å². The molecule has 1 aromatic heterocycles. The number of hydrogen-bond acceptors (Lipinski definition) is 9. The summed E-state index contributed by atoms with van der Waals surface area (Å²) in [6.45, 7) is 0. The maximum atomic E-state index is 5.23. The highest BCUT2D eigenvalue weighted by Gasteiger charge is 2.42. The van der Waals surface area contributed by atoms with Gasteiger partial charge in [0, 0.05) is 46.4 Å². The van der Waals surface area contributed by atoms with Crippen molar-refractivity contribution in [3.8, 4) is 22.5 Å². The highest BCUT2D eigenvalue weighted by atomic mass is 15.3. The number of anilines is 20. The molecule has 0 aliphatic carbocycles. The number of nitrogens with zero attached hydrogens (tertiary/aromatic N) is 10. The summed E-state index contributed by atoms with van der Waals surface area (Å²) < 4.78 is 2.21. The van der Waals surface area contributed by atoms with Gasteiger partial charge in [-0.3, -0.25) is 0 Å². The summed E-state index contributed by atoms with van der Waals surface area (Å²) in [5, 5.41) is 0. The van der Waals surface area contributed by atoms with Gasteiger partial charge in [0.25, 0.3) is 0 Å². The van der Waals surface area contributed by atoms with Gasteiger partial charge in [0.05, 0.1) is 125 Å². The Morgan fingerprint density at radius 1 is 0.244 bits per heavy atom. The maximum Gasteiger partial charge on any atom is 0.140 e. The number of imidazole rings is 1. The van der Waals surface area contributed by atoms with Crippen LogP contribution >= 0.6 is 0 Å². The summed E-state index contributed by atoms with van der Waals surface area (Å²) in [5.74, 6) is 0.908. The van der Waals surface area contributed by atoms with Crippen LogP contribution in [0.25, 0.3) is 33.5 Å². The Bertz CT molecular complexity index is 4370. The fourth-order valence-corrected chi connectivity index (χ4v) is 13.4. The first-order valence-corrected chi connectivity index (χ1v) is 27.9. The normalized spacial score (nSPS) is 13.7. The van der Waals surface area contributed by atoms with Crippen molar-refractivity contribution in [1.29, 1.82) is 0 Å². The van der Waals surface area contributed by atoms with Crippen molar-refractivity contribution in [3.63, 3.8) is 0 Å². The van der Waals surface area contributed by atoms with Crippen LogP contribution in [-0.4, -0.2) is 37.7 Å². The summed E-state index contributed by atoms with van der Waals surface area (Å²) in [4.78, 5) is 24.8. The van der Waals surface area contributed by atoms with Gasteiger partial charge in [-0.2, -0.15) is 0 Å². The van der Waals surface area contributed by atoms with Crippen molar-refractivity contribution in [2.45, 2.75) is 0 Å². The minimum Gasteiger partial charge on any atom is -0.341 e. The molecule has 4 aliphatic heterocycles. The van der Waals surface area contributed by atoms with Gasteiger partial charge >= 0.3 is 0 Å². The highest BCUT2D eigenvalue weighted by molar-refractivity contribution is 6.18. The predicted octanol–water partition coefficient (Wildman–Crippen LogP) is 19.1. The minimum absolute atomic E-state index is 0.908. The van der Waals surface area contributed by atoms with Gasteiger partial charge in [-0.05, 0) is 121 Å². The van der Waals surface area contributed by atoms with E-state index in [1.165, 1.54) is 0 Å². The Morgan fingerprint density at radius 3 is 0.878 bits per heavy atom. The third-order valence-electron chi connectivity index (χ3n) is 17.3. The molecule has 0 unspecified atom stereocenters. The SMILES string of the molecule is CN1c2ccccc2N(c2cc(N3c4ccccc4N(C)c4ccccc43)c(N3c4ccccc4N(C)c4ccccc43)c(N3c4ccccc4N(C)c4ccccc43)c2-c2ccc(-c3nc4ccccc4n3C)cc2)c2ccccc21. The number of hydrogen-bond donors (Lipinski definition) is 0. The van der Waals surface area contributed by atoms with Gasteiger partial charge < -0.3 is 43.8 Å². The Kier molecular flexibility index (Phi) is 10.5. The number of fused-ring (bicyclic) bond motifs is 9. The van der Waals surface area contributed by atoms with Crippen LogP contribution < -0.4 is 39.2 Å². The average molecular weight is 1060 g/mol. The van der Waals surface area contributed by atoms with E-state index in [9.17, 15) is 0 Å². The zero-order chi connectivity index (χ0) is 54.9. The molecule has 10 heteroatoms. The lowest BCUT2D eigenvalue weighted by Crippen LogP contribution is -2.31. The van der Waals surface area contributed by atoms with Crippen molar-refractivity contribution < 1.29 is 0 Å². The minimum atomic E-state index is 0.908. The van der Waals surface area contributed by atoms with E-state index >= 15 is 0 Å². The summed E-state index contributed by atoms with van der Waals surface area (Å²) >= 11 is 0. The molecular weight excluding hydrogens is 1000 g/mol. The van der Waals surface area contributed by atoms with Gasteiger partial charge in [-0.1, -0.05) is 133 Å². The summed E-state index contributed by atoms with van der Waals surface area (Å²) in [5.41, 5.74) is 26.4. The Morgan fingerprint density at radius 2 is 0.524 bits per heavy atom. The van der Waals surface area contributed by atoms with E-state index in [-0.39, 0.29) is 0 Å². The molecule has 394 valence electrons. The third-order valence-corrected chi connectivity index (χ3v) is 17.3. The Labute approximate surface area is 477 Å². The molecule has 0 amide bonds. The van der Waals surface area contributed by atoms with Crippen molar-refractivity contribution in [2.24, 2.45) is 7.05 Å². The largest absolute Gasteiger partial charge is 0.341 e. The lowest BCUT2D eigenvalue weighted by atomic mass is 9.91. The van der Waals surface area contributed by atoms with Gasteiger partial charge in [0.1, 0.15) is 5.82 Å². The van der Waals surface area contributed by atoms with Crippen LogP contribution in [0.5, 0.6) is 0 Å². The van der Waals surface area contributed by atoms with E-state index in [1.807, 2.05) is 0 Å². The molecule has 0 N–H and O–H groups in total. The predicted molar refractivity (Wildman–Crippen MR) is 343 cm³/mol. The molecule has 10 nitrogen and oxygen atoms in total. The summed E-state index contributed by atoms with van der Waals surface area (Å²) in [7, 11) is 10.9. The van der Waals surface area contributed by atoms with Crippen LogP contribution in [0.4, 0.5) is 114 Å². The zero-order valence-corrected chi connectivity index (χ0v) is 46.1. The number of aryl methyl sites for hydroxylation is 1. The van der Waals surface area contributed by atoms with Gasteiger partial charge in [-0.25, -0.2) is 4.98 Å². The second-order valence-electron chi connectivity index (χ2n) is 21.5. The van der Waals surface area contributed by atoms with E-state index < -0.39 is 0 Å². The van der Waals surface area contributed by atoms with E-state index in [2.05, 4.69) is 328 Å². The zero-order valence-electron chi connectivity index (χ0n) is 46.1.